The van der Waals surface area contributed by atoms with Crippen LogP contribution in [-0.4, -0.2) is 35.3 Å². The number of ether oxygens (including phenoxy) is 1. The van der Waals surface area contributed by atoms with Crippen LogP contribution in [0.5, 0.6) is 0 Å². The number of primary amides is 1. The first-order chi connectivity index (χ1) is 7.04. The number of rotatable bonds is 2. The minimum atomic E-state index is -0.721. The van der Waals surface area contributed by atoms with E-state index in [0.29, 0.717) is 19.1 Å². The van der Waals surface area contributed by atoms with E-state index in [9.17, 15) is 4.79 Å². The van der Waals surface area contributed by atoms with Gasteiger partial charge in [0.2, 0.25) is 5.89 Å². The first-order valence-corrected chi connectivity index (χ1v) is 4.51. The highest BCUT2D eigenvalue weighted by Gasteiger charge is 2.44. The van der Waals surface area contributed by atoms with Crippen molar-refractivity contribution in [2.75, 3.05) is 13.2 Å². The largest absolute Gasteiger partial charge is 0.379 e. The zero-order valence-corrected chi connectivity index (χ0v) is 8.27. The SMILES string of the molecule is CC1(c2nc(C(N)=O)no2)COCC1N. The van der Waals surface area contributed by atoms with Crippen molar-refractivity contribution in [2.24, 2.45) is 11.5 Å². The van der Waals surface area contributed by atoms with Crippen LogP contribution < -0.4 is 11.5 Å². The van der Waals surface area contributed by atoms with Gasteiger partial charge >= 0.3 is 0 Å². The molecular formula is C8H12N4O3. The molecule has 1 saturated heterocycles. The van der Waals surface area contributed by atoms with Gasteiger partial charge in [-0.3, -0.25) is 4.79 Å². The standard InChI is InChI=1S/C8H12N4O3/c1-8(3-14-2-4(8)9)7-11-6(5(10)13)12-15-7/h4H,2-3,9H2,1H3,(H2,10,13). The number of amides is 1. The summed E-state index contributed by atoms with van der Waals surface area (Å²) in [7, 11) is 0. The summed E-state index contributed by atoms with van der Waals surface area (Å²) in [5.41, 5.74) is 10.3. The van der Waals surface area contributed by atoms with Gasteiger partial charge in [0, 0.05) is 6.04 Å². The van der Waals surface area contributed by atoms with E-state index in [4.69, 9.17) is 20.7 Å². The summed E-state index contributed by atoms with van der Waals surface area (Å²) in [6.45, 7) is 2.68. The maximum atomic E-state index is 10.8. The predicted molar refractivity (Wildman–Crippen MR) is 49.0 cm³/mol. The van der Waals surface area contributed by atoms with Crippen molar-refractivity contribution in [3.05, 3.63) is 11.7 Å². The van der Waals surface area contributed by atoms with Gasteiger partial charge in [-0.25, -0.2) is 0 Å². The molecule has 2 unspecified atom stereocenters. The lowest BCUT2D eigenvalue weighted by Crippen LogP contribution is -2.42. The van der Waals surface area contributed by atoms with Gasteiger partial charge in [-0.15, -0.1) is 0 Å². The van der Waals surface area contributed by atoms with E-state index < -0.39 is 11.3 Å². The van der Waals surface area contributed by atoms with E-state index >= 15 is 0 Å². The minimum absolute atomic E-state index is 0.134. The van der Waals surface area contributed by atoms with E-state index in [1.807, 2.05) is 6.92 Å². The summed E-state index contributed by atoms with van der Waals surface area (Å²) in [4.78, 5) is 14.7. The maximum absolute atomic E-state index is 10.8. The summed E-state index contributed by atoms with van der Waals surface area (Å²) in [6.07, 6.45) is 0. The van der Waals surface area contributed by atoms with Crippen LogP contribution in [0.25, 0.3) is 0 Å². The van der Waals surface area contributed by atoms with Crippen molar-refractivity contribution in [1.29, 1.82) is 0 Å². The number of nitrogens with zero attached hydrogens (tertiary/aromatic N) is 2. The van der Waals surface area contributed by atoms with Crippen molar-refractivity contribution < 1.29 is 14.1 Å². The van der Waals surface area contributed by atoms with Crippen molar-refractivity contribution in [1.82, 2.24) is 10.1 Å². The lowest BCUT2D eigenvalue weighted by molar-refractivity contribution is 0.0987. The molecule has 2 heterocycles. The molecule has 82 valence electrons. The van der Waals surface area contributed by atoms with Gasteiger partial charge in [0.1, 0.15) is 0 Å². The Balaban J connectivity index is 2.32. The number of carbonyl (C=O) groups is 1. The molecule has 0 aliphatic carbocycles. The zero-order valence-electron chi connectivity index (χ0n) is 8.27. The molecule has 1 aromatic heterocycles. The number of nitrogens with two attached hydrogens (primary N) is 2. The van der Waals surface area contributed by atoms with Crippen LogP contribution in [0, 0.1) is 0 Å². The summed E-state index contributed by atoms with van der Waals surface area (Å²) in [6, 6.07) is -0.223. The molecule has 1 fully saturated rings. The van der Waals surface area contributed by atoms with Crippen LogP contribution in [0.3, 0.4) is 0 Å². The fourth-order valence-corrected chi connectivity index (χ4v) is 1.46. The molecule has 1 aliphatic heterocycles. The molecule has 7 heteroatoms. The fourth-order valence-electron chi connectivity index (χ4n) is 1.46. The summed E-state index contributed by atoms with van der Waals surface area (Å²) >= 11 is 0. The summed E-state index contributed by atoms with van der Waals surface area (Å²) in [5.74, 6) is -0.562. The summed E-state index contributed by atoms with van der Waals surface area (Å²) in [5, 5.41) is 3.47. The Hall–Kier alpha value is -1.47. The van der Waals surface area contributed by atoms with E-state index in [2.05, 4.69) is 10.1 Å². The highest BCUT2D eigenvalue weighted by atomic mass is 16.5. The van der Waals surface area contributed by atoms with Crippen LogP contribution >= 0.6 is 0 Å². The third-order valence-electron chi connectivity index (χ3n) is 2.65. The monoisotopic (exact) mass is 212 g/mol. The second-order valence-electron chi connectivity index (χ2n) is 3.83. The normalized spacial score (nSPS) is 30.7. The van der Waals surface area contributed by atoms with Gasteiger partial charge in [-0.05, 0) is 6.92 Å². The van der Waals surface area contributed by atoms with Gasteiger partial charge < -0.3 is 20.7 Å². The van der Waals surface area contributed by atoms with Gasteiger partial charge in [0.05, 0.1) is 18.6 Å². The smallest absolute Gasteiger partial charge is 0.290 e. The molecule has 0 spiro atoms. The van der Waals surface area contributed by atoms with Crippen LogP contribution in [-0.2, 0) is 10.2 Å². The molecule has 1 aliphatic rings. The molecule has 2 rings (SSSR count). The van der Waals surface area contributed by atoms with E-state index in [1.165, 1.54) is 0 Å². The summed E-state index contributed by atoms with van der Waals surface area (Å²) < 4.78 is 10.2. The molecule has 15 heavy (non-hydrogen) atoms. The number of carbonyl (C=O) groups excluding carboxylic acids is 1. The van der Waals surface area contributed by atoms with Gasteiger partial charge in [0.15, 0.2) is 0 Å². The molecule has 0 saturated carbocycles. The maximum Gasteiger partial charge on any atom is 0.290 e. The Morgan fingerprint density at radius 2 is 2.40 bits per heavy atom. The average molecular weight is 212 g/mol. The topological polar surface area (TPSA) is 117 Å². The van der Waals surface area contributed by atoms with Gasteiger partial charge in [-0.2, -0.15) is 4.98 Å². The third-order valence-corrected chi connectivity index (χ3v) is 2.65. The molecule has 0 radical (unpaired) electrons. The molecule has 2 atom stereocenters. The van der Waals surface area contributed by atoms with Gasteiger partial charge in [0.25, 0.3) is 11.7 Å². The highest BCUT2D eigenvalue weighted by molar-refractivity contribution is 5.88. The molecule has 1 aromatic rings. The van der Waals surface area contributed by atoms with Crippen molar-refractivity contribution in [3.63, 3.8) is 0 Å². The predicted octanol–water partition coefficient (Wildman–Crippen LogP) is -1.22. The average Bonchev–Trinajstić information content (AvgIpc) is 2.75. The first-order valence-electron chi connectivity index (χ1n) is 4.51. The lowest BCUT2D eigenvalue weighted by Gasteiger charge is -2.21. The Morgan fingerprint density at radius 3 is 2.87 bits per heavy atom. The van der Waals surface area contributed by atoms with Crippen molar-refractivity contribution >= 4 is 5.91 Å². The molecule has 4 N–H and O–H groups in total. The second kappa shape index (κ2) is 3.28. The number of hydrogen-bond acceptors (Lipinski definition) is 6. The lowest BCUT2D eigenvalue weighted by atomic mass is 9.86. The van der Waals surface area contributed by atoms with E-state index in [1.54, 1.807) is 0 Å². The Labute approximate surface area is 85.8 Å². The Morgan fingerprint density at radius 1 is 1.67 bits per heavy atom. The molecule has 0 aromatic carbocycles. The Kier molecular flexibility index (Phi) is 2.20. The van der Waals surface area contributed by atoms with Crippen LogP contribution in [0.4, 0.5) is 0 Å². The zero-order chi connectivity index (χ0) is 11.1. The quantitative estimate of drug-likeness (QED) is 0.634. The third kappa shape index (κ3) is 1.49. The molecule has 7 nitrogen and oxygen atoms in total. The van der Waals surface area contributed by atoms with Gasteiger partial charge in [-0.1, -0.05) is 5.16 Å². The molecule has 0 bridgehead atoms. The first kappa shape index (κ1) is 10.1. The molecular weight excluding hydrogens is 200 g/mol. The van der Waals surface area contributed by atoms with E-state index in [-0.39, 0.29) is 11.9 Å². The van der Waals surface area contributed by atoms with Crippen LogP contribution in [0.15, 0.2) is 4.52 Å². The highest BCUT2D eigenvalue weighted by Crippen LogP contribution is 2.30. The van der Waals surface area contributed by atoms with Crippen LogP contribution in [0.1, 0.15) is 23.4 Å². The number of aromatic nitrogens is 2. The Bertz CT molecular complexity index is 391. The van der Waals surface area contributed by atoms with Crippen LogP contribution in [0.2, 0.25) is 0 Å². The molecule has 1 amide bonds. The minimum Gasteiger partial charge on any atom is -0.379 e. The fraction of sp³-hybridized carbons (Fsp3) is 0.625. The van der Waals surface area contributed by atoms with E-state index in [0.717, 1.165) is 0 Å². The van der Waals surface area contributed by atoms with Crippen molar-refractivity contribution in [2.45, 2.75) is 18.4 Å². The second-order valence-corrected chi connectivity index (χ2v) is 3.83. The van der Waals surface area contributed by atoms with Crippen molar-refractivity contribution in [3.8, 4) is 0 Å². The number of hydrogen-bond donors (Lipinski definition) is 2.